The van der Waals surface area contributed by atoms with Gasteiger partial charge in [0, 0.05) is 17.3 Å². The van der Waals surface area contributed by atoms with E-state index in [0.29, 0.717) is 0 Å². The molecule has 1 rings (SSSR count). The Kier molecular flexibility index (Phi) is 3.23. The molecule has 8 heavy (non-hydrogen) atoms. The van der Waals surface area contributed by atoms with Crippen molar-refractivity contribution in [3.8, 4) is 0 Å². The Morgan fingerprint density at radius 3 is 2.00 bits per heavy atom. The maximum Gasteiger partial charge on any atom is 0.0278 e. The lowest BCUT2D eigenvalue weighted by Crippen LogP contribution is -1.64. The van der Waals surface area contributed by atoms with Crippen LogP contribution in [-0.4, -0.2) is 4.98 Å². The van der Waals surface area contributed by atoms with Gasteiger partial charge >= 0.3 is 0 Å². The zero-order chi connectivity index (χ0) is 5.11. The summed E-state index contributed by atoms with van der Waals surface area (Å²) in [6, 6.07) is 3.67. The Labute approximate surface area is 53.9 Å². The molecule has 0 fully saturated rings. The highest BCUT2D eigenvalue weighted by molar-refractivity contribution is 7.80. The molecule has 0 amide bonds. The molecule has 0 aliphatic heterocycles. The van der Waals surface area contributed by atoms with Gasteiger partial charge in [-0.2, -0.15) is 0 Å². The van der Waals surface area contributed by atoms with E-state index in [4.69, 9.17) is 0 Å². The van der Waals surface area contributed by atoms with Gasteiger partial charge < -0.3 is 6.15 Å². The number of aromatic nitrogens is 1. The Morgan fingerprint density at radius 2 is 1.75 bits per heavy atom. The SMILES string of the molecule is N.Sc1ccncc1. The molecule has 0 atom stereocenters. The molecular weight excluding hydrogens is 120 g/mol. The average molecular weight is 128 g/mol. The molecule has 0 aliphatic rings. The van der Waals surface area contributed by atoms with E-state index in [1.54, 1.807) is 12.4 Å². The minimum atomic E-state index is 0. The van der Waals surface area contributed by atoms with Gasteiger partial charge in [0.25, 0.3) is 0 Å². The van der Waals surface area contributed by atoms with Gasteiger partial charge in [-0.25, -0.2) is 0 Å². The fourth-order valence-corrected chi connectivity index (χ4v) is 0.477. The minimum absolute atomic E-state index is 0. The molecular formula is C5H8N2S. The highest BCUT2D eigenvalue weighted by atomic mass is 32.1. The summed E-state index contributed by atoms with van der Waals surface area (Å²) in [6.07, 6.45) is 3.42. The average Bonchev–Trinajstić information content (AvgIpc) is 1.69. The molecule has 0 radical (unpaired) electrons. The van der Waals surface area contributed by atoms with Crippen LogP contribution in [0.2, 0.25) is 0 Å². The first-order valence-corrected chi connectivity index (χ1v) is 2.43. The summed E-state index contributed by atoms with van der Waals surface area (Å²) in [5.41, 5.74) is 0. The van der Waals surface area contributed by atoms with Gasteiger partial charge in [0.2, 0.25) is 0 Å². The lowest BCUT2D eigenvalue weighted by atomic mass is 10.5. The zero-order valence-electron chi connectivity index (χ0n) is 4.41. The van der Waals surface area contributed by atoms with Gasteiger partial charge in [-0.1, -0.05) is 0 Å². The van der Waals surface area contributed by atoms with Gasteiger partial charge in [-0.3, -0.25) is 4.98 Å². The predicted molar refractivity (Wildman–Crippen MR) is 36.5 cm³/mol. The molecule has 0 unspecified atom stereocenters. The third kappa shape index (κ3) is 1.95. The van der Waals surface area contributed by atoms with Gasteiger partial charge in [0.05, 0.1) is 0 Å². The molecule has 0 bridgehead atoms. The first-order chi connectivity index (χ1) is 3.39. The van der Waals surface area contributed by atoms with E-state index in [1.165, 1.54) is 0 Å². The van der Waals surface area contributed by atoms with E-state index in [-0.39, 0.29) is 6.15 Å². The van der Waals surface area contributed by atoms with Crippen molar-refractivity contribution in [1.29, 1.82) is 0 Å². The van der Waals surface area contributed by atoms with Crippen LogP contribution in [0, 0.1) is 0 Å². The van der Waals surface area contributed by atoms with Gasteiger partial charge in [-0.15, -0.1) is 12.6 Å². The number of pyridine rings is 1. The lowest BCUT2D eigenvalue weighted by molar-refractivity contribution is 1.27. The molecule has 0 spiro atoms. The van der Waals surface area contributed by atoms with Crippen LogP contribution in [0.1, 0.15) is 0 Å². The first kappa shape index (κ1) is 7.46. The van der Waals surface area contributed by atoms with Gasteiger partial charge in [0.15, 0.2) is 0 Å². The maximum atomic E-state index is 4.04. The number of thiol groups is 1. The number of nitrogens with zero attached hydrogens (tertiary/aromatic N) is 1. The van der Waals surface area contributed by atoms with Crippen molar-refractivity contribution in [2.24, 2.45) is 0 Å². The van der Waals surface area contributed by atoms with Crippen molar-refractivity contribution in [3.05, 3.63) is 24.5 Å². The van der Waals surface area contributed by atoms with Crippen LogP contribution in [0.25, 0.3) is 0 Å². The molecule has 0 aliphatic carbocycles. The second-order valence-corrected chi connectivity index (χ2v) is 1.72. The fourth-order valence-electron chi connectivity index (χ4n) is 0.344. The molecule has 3 heteroatoms. The summed E-state index contributed by atoms with van der Waals surface area (Å²) in [4.78, 5) is 4.75. The van der Waals surface area contributed by atoms with E-state index in [9.17, 15) is 0 Å². The van der Waals surface area contributed by atoms with Gasteiger partial charge in [-0.05, 0) is 12.1 Å². The van der Waals surface area contributed by atoms with Crippen LogP contribution in [0.3, 0.4) is 0 Å². The molecule has 1 aromatic rings. The Hall–Kier alpha value is -0.540. The second kappa shape index (κ2) is 3.46. The second-order valence-electron chi connectivity index (χ2n) is 1.21. The van der Waals surface area contributed by atoms with Crippen molar-refractivity contribution in [3.63, 3.8) is 0 Å². The quantitative estimate of drug-likeness (QED) is 0.520. The number of hydrogen-bond acceptors (Lipinski definition) is 3. The first-order valence-electron chi connectivity index (χ1n) is 1.98. The lowest BCUT2D eigenvalue weighted by Gasteiger charge is -1.81. The predicted octanol–water partition coefficient (Wildman–Crippen LogP) is 1.53. The highest BCUT2D eigenvalue weighted by Gasteiger charge is 1.74. The molecule has 0 saturated carbocycles. The summed E-state index contributed by atoms with van der Waals surface area (Å²) in [5.74, 6) is 0. The highest BCUT2D eigenvalue weighted by Crippen LogP contribution is 1.98. The Balaban J connectivity index is 0.000000490. The monoisotopic (exact) mass is 128 g/mol. The summed E-state index contributed by atoms with van der Waals surface area (Å²) in [7, 11) is 0. The van der Waals surface area contributed by atoms with E-state index in [0.717, 1.165) is 4.90 Å². The maximum absolute atomic E-state index is 4.04. The Morgan fingerprint density at radius 1 is 1.25 bits per heavy atom. The van der Waals surface area contributed by atoms with Crippen molar-refractivity contribution in [2.75, 3.05) is 0 Å². The minimum Gasteiger partial charge on any atom is -0.344 e. The fraction of sp³-hybridized carbons (Fsp3) is 0. The third-order valence-corrected chi connectivity index (χ3v) is 0.961. The summed E-state index contributed by atoms with van der Waals surface area (Å²) >= 11 is 4.04. The van der Waals surface area contributed by atoms with E-state index in [2.05, 4.69) is 17.6 Å². The molecule has 44 valence electrons. The van der Waals surface area contributed by atoms with Crippen molar-refractivity contribution >= 4 is 12.6 Å². The topological polar surface area (TPSA) is 47.9 Å². The summed E-state index contributed by atoms with van der Waals surface area (Å²) in [5, 5.41) is 0. The van der Waals surface area contributed by atoms with Crippen LogP contribution in [-0.2, 0) is 0 Å². The van der Waals surface area contributed by atoms with E-state index < -0.39 is 0 Å². The molecule has 1 aromatic heterocycles. The van der Waals surface area contributed by atoms with E-state index >= 15 is 0 Å². The van der Waals surface area contributed by atoms with Gasteiger partial charge in [0.1, 0.15) is 0 Å². The standard InChI is InChI=1S/C5H5NS.H3N/c7-5-1-3-6-4-2-5;/h1-4H,(H,6,7);1H3. The van der Waals surface area contributed by atoms with Crippen LogP contribution in [0.5, 0.6) is 0 Å². The van der Waals surface area contributed by atoms with E-state index in [1.807, 2.05) is 12.1 Å². The molecule has 0 aromatic carbocycles. The van der Waals surface area contributed by atoms with Crippen molar-refractivity contribution in [2.45, 2.75) is 4.90 Å². The van der Waals surface area contributed by atoms with Crippen molar-refractivity contribution < 1.29 is 0 Å². The molecule has 0 saturated heterocycles. The van der Waals surface area contributed by atoms with Crippen LogP contribution < -0.4 is 6.15 Å². The zero-order valence-corrected chi connectivity index (χ0v) is 5.31. The summed E-state index contributed by atoms with van der Waals surface area (Å²) in [6.45, 7) is 0. The molecule has 3 N–H and O–H groups in total. The summed E-state index contributed by atoms with van der Waals surface area (Å²) < 4.78 is 0. The van der Waals surface area contributed by atoms with Crippen molar-refractivity contribution in [1.82, 2.24) is 11.1 Å². The number of hydrogen-bond donors (Lipinski definition) is 2. The van der Waals surface area contributed by atoms with Crippen LogP contribution in [0.4, 0.5) is 0 Å². The number of rotatable bonds is 0. The molecule has 1 heterocycles. The van der Waals surface area contributed by atoms with Crippen LogP contribution in [0.15, 0.2) is 29.4 Å². The smallest absolute Gasteiger partial charge is 0.0278 e. The normalized spacial score (nSPS) is 7.62. The Bertz CT molecular complexity index is 140. The third-order valence-electron chi connectivity index (χ3n) is 0.663. The van der Waals surface area contributed by atoms with Crippen LogP contribution >= 0.6 is 12.6 Å². The largest absolute Gasteiger partial charge is 0.344 e. The molecule has 2 nitrogen and oxygen atoms in total.